The Morgan fingerprint density at radius 1 is 1.33 bits per heavy atom. The van der Waals surface area contributed by atoms with Gasteiger partial charge in [-0.2, -0.15) is 0 Å². The predicted molar refractivity (Wildman–Crippen MR) is 71.6 cm³/mol. The fourth-order valence-electron chi connectivity index (χ4n) is 2.18. The van der Waals surface area contributed by atoms with E-state index in [0.29, 0.717) is 31.2 Å². The van der Waals surface area contributed by atoms with Crippen LogP contribution in [0.15, 0.2) is 18.2 Å². The second-order valence-electron chi connectivity index (χ2n) is 5.55. The van der Waals surface area contributed by atoms with Crippen molar-refractivity contribution in [3.63, 3.8) is 0 Å². The summed E-state index contributed by atoms with van der Waals surface area (Å²) in [6.45, 7) is 1.76. The molecule has 0 heterocycles. The van der Waals surface area contributed by atoms with Gasteiger partial charge in [0.25, 0.3) is 0 Å². The van der Waals surface area contributed by atoms with Gasteiger partial charge < -0.3 is 10.4 Å². The molecule has 0 aromatic heterocycles. The summed E-state index contributed by atoms with van der Waals surface area (Å²) in [7, 11) is 0. The molecule has 114 valence electrons. The van der Waals surface area contributed by atoms with Gasteiger partial charge in [0, 0.05) is 6.04 Å². The summed E-state index contributed by atoms with van der Waals surface area (Å²) < 4.78 is 25.9. The Balaban J connectivity index is 1.85. The van der Waals surface area contributed by atoms with Gasteiger partial charge >= 0.3 is 5.97 Å². The standard InChI is InChI=1S/C15H17F2NO3/c1-9(18-13(19)15(6-7-15)14(20)21)2-3-10-4-5-11(16)12(17)8-10/h4-5,8-9H,2-3,6-7H2,1H3,(H,18,19)(H,20,21). The Morgan fingerprint density at radius 2 is 2.00 bits per heavy atom. The first kappa shape index (κ1) is 15.4. The molecule has 1 unspecified atom stereocenters. The molecule has 1 amide bonds. The molecule has 1 aromatic carbocycles. The lowest BCUT2D eigenvalue weighted by Gasteiger charge is -2.17. The first-order chi connectivity index (χ1) is 9.85. The minimum absolute atomic E-state index is 0.234. The maximum Gasteiger partial charge on any atom is 0.319 e. The van der Waals surface area contributed by atoms with E-state index in [1.54, 1.807) is 6.92 Å². The first-order valence-corrected chi connectivity index (χ1v) is 6.83. The minimum Gasteiger partial charge on any atom is -0.480 e. The highest BCUT2D eigenvalue weighted by Crippen LogP contribution is 2.46. The zero-order valence-corrected chi connectivity index (χ0v) is 11.7. The molecule has 1 aromatic rings. The molecule has 0 aliphatic heterocycles. The van der Waals surface area contributed by atoms with E-state index >= 15 is 0 Å². The van der Waals surface area contributed by atoms with Crippen molar-refractivity contribution in [2.45, 2.75) is 38.6 Å². The smallest absolute Gasteiger partial charge is 0.319 e. The predicted octanol–water partition coefficient (Wildman–Crippen LogP) is 2.27. The van der Waals surface area contributed by atoms with E-state index < -0.39 is 28.9 Å². The van der Waals surface area contributed by atoms with E-state index in [2.05, 4.69) is 5.32 Å². The summed E-state index contributed by atoms with van der Waals surface area (Å²) in [5.41, 5.74) is -0.620. The molecule has 1 aliphatic carbocycles. The summed E-state index contributed by atoms with van der Waals surface area (Å²) in [6.07, 6.45) is 1.72. The molecule has 1 aliphatic rings. The van der Waals surface area contributed by atoms with E-state index in [0.717, 1.165) is 12.1 Å². The van der Waals surface area contributed by atoms with Crippen LogP contribution in [0.4, 0.5) is 8.78 Å². The lowest BCUT2D eigenvalue weighted by atomic mass is 10.0. The maximum absolute atomic E-state index is 13.1. The zero-order chi connectivity index (χ0) is 15.6. The normalized spacial score (nSPS) is 17.1. The van der Waals surface area contributed by atoms with Crippen LogP contribution < -0.4 is 5.32 Å². The second-order valence-corrected chi connectivity index (χ2v) is 5.55. The Bertz CT molecular complexity index is 570. The fraction of sp³-hybridized carbons (Fsp3) is 0.467. The van der Waals surface area contributed by atoms with Gasteiger partial charge in [0.15, 0.2) is 11.6 Å². The van der Waals surface area contributed by atoms with Crippen molar-refractivity contribution in [3.8, 4) is 0 Å². The van der Waals surface area contributed by atoms with Crippen LogP contribution in [0.25, 0.3) is 0 Å². The molecule has 1 fully saturated rings. The number of benzene rings is 1. The van der Waals surface area contributed by atoms with Gasteiger partial charge in [-0.1, -0.05) is 6.07 Å². The number of hydrogen-bond donors (Lipinski definition) is 2. The van der Waals surface area contributed by atoms with Crippen LogP contribution in [0, 0.1) is 17.0 Å². The molecule has 0 bridgehead atoms. The summed E-state index contributed by atoms with van der Waals surface area (Å²) >= 11 is 0. The molecule has 1 atom stereocenters. The highest BCUT2D eigenvalue weighted by molar-refractivity contribution is 6.04. The molecule has 0 spiro atoms. The van der Waals surface area contributed by atoms with Gasteiger partial charge in [0.2, 0.25) is 5.91 Å². The quantitative estimate of drug-likeness (QED) is 0.792. The fourth-order valence-corrected chi connectivity index (χ4v) is 2.18. The van der Waals surface area contributed by atoms with Gasteiger partial charge in [0.05, 0.1) is 0 Å². The first-order valence-electron chi connectivity index (χ1n) is 6.83. The molecule has 21 heavy (non-hydrogen) atoms. The van der Waals surface area contributed by atoms with Gasteiger partial charge in [-0.15, -0.1) is 0 Å². The Morgan fingerprint density at radius 3 is 2.52 bits per heavy atom. The molecule has 2 N–H and O–H groups in total. The lowest BCUT2D eigenvalue weighted by molar-refractivity contribution is -0.149. The van der Waals surface area contributed by atoms with Crippen LogP contribution in [0.2, 0.25) is 0 Å². The monoisotopic (exact) mass is 297 g/mol. The van der Waals surface area contributed by atoms with Crippen molar-refractivity contribution >= 4 is 11.9 Å². The molecule has 6 heteroatoms. The van der Waals surface area contributed by atoms with Gasteiger partial charge in [-0.05, 0) is 50.3 Å². The van der Waals surface area contributed by atoms with E-state index in [1.807, 2.05) is 0 Å². The van der Waals surface area contributed by atoms with Crippen LogP contribution >= 0.6 is 0 Å². The molecular formula is C15H17F2NO3. The largest absolute Gasteiger partial charge is 0.480 e. The van der Waals surface area contributed by atoms with Crippen LogP contribution in [0.5, 0.6) is 0 Å². The highest BCUT2D eigenvalue weighted by atomic mass is 19.2. The molecule has 2 rings (SSSR count). The number of carboxylic acid groups (broad SMARTS) is 1. The number of aliphatic carboxylic acids is 1. The highest BCUT2D eigenvalue weighted by Gasteiger charge is 2.57. The molecular weight excluding hydrogens is 280 g/mol. The van der Waals surface area contributed by atoms with Gasteiger partial charge in [-0.3, -0.25) is 9.59 Å². The van der Waals surface area contributed by atoms with Crippen molar-refractivity contribution < 1.29 is 23.5 Å². The van der Waals surface area contributed by atoms with Crippen LogP contribution in [-0.2, 0) is 16.0 Å². The summed E-state index contributed by atoms with van der Waals surface area (Å²) in [4.78, 5) is 22.9. The molecule has 4 nitrogen and oxygen atoms in total. The van der Waals surface area contributed by atoms with Gasteiger partial charge in [0.1, 0.15) is 5.41 Å². The van der Waals surface area contributed by atoms with Crippen molar-refractivity contribution in [1.82, 2.24) is 5.32 Å². The number of amides is 1. The molecule has 1 saturated carbocycles. The van der Waals surface area contributed by atoms with Crippen molar-refractivity contribution in [2.75, 3.05) is 0 Å². The van der Waals surface area contributed by atoms with E-state index in [1.165, 1.54) is 6.07 Å². The van der Waals surface area contributed by atoms with Crippen molar-refractivity contribution in [2.24, 2.45) is 5.41 Å². The van der Waals surface area contributed by atoms with E-state index in [9.17, 15) is 18.4 Å². The summed E-state index contributed by atoms with van der Waals surface area (Å²) in [5.74, 6) is -3.34. The third kappa shape index (κ3) is 3.37. The Labute approximate surface area is 121 Å². The van der Waals surface area contributed by atoms with Crippen LogP contribution in [0.1, 0.15) is 31.7 Å². The van der Waals surface area contributed by atoms with Crippen molar-refractivity contribution in [3.05, 3.63) is 35.4 Å². The van der Waals surface area contributed by atoms with Crippen LogP contribution in [-0.4, -0.2) is 23.0 Å². The number of aryl methyl sites for hydroxylation is 1. The zero-order valence-electron chi connectivity index (χ0n) is 11.7. The average molecular weight is 297 g/mol. The SMILES string of the molecule is CC(CCc1ccc(F)c(F)c1)NC(=O)C1(C(=O)O)CC1. The number of carbonyl (C=O) groups excluding carboxylic acids is 1. The third-order valence-electron chi connectivity index (χ3n) is 3.82. The molecule has 0 saturated heterocycles. The van der Waals surface area contributed by atoms with E-state index in [4.69, 9.17) is 5.11 Å². The number of rotatable bonds is 6. The summed E-state index contributed by atoms with van der Waals surface area (Å²) in [5, 5.41) is 11.7. The van der Waals surface area contributed by atoms with Crippen molar-refractivity contribution in [1.29, 1.82) is 0 Å². The number of hydrogen-bond acceptors (Lipinski definition) is 2. The lowest BCUT2D eigenvalue weighted by Crippen LogP contribution is -2.41. The average Bonchev–Trinajstić information content (AvgIpc) is 3.21. The number of carboxylic acids is 1. The van der Waals surface area contributed by atoms with E-state index in [-0.39, 0.29) is 6.04 Å². The second kappa shape index (κ2) is 5.79. The topological polar surface area (TPSA) is 66.4 Å². The third-order valence-corrected chi connectivity index (χ3v) is 3.82. The number of carbonyl (C=O) groups is 2. The molecule has 0 radical (unpaired) electrons. The van der Waals surface area contributed by atoms with Crippen LogP contribution in [0.3, 0.4) is 0 Å². The Kier molecular flexibility index (Phi) is 4.25. The number of halogens is 2. The van der Waals surface area contributed by atoms with Gasteiger partial charge in [-0.25, -0.2) is 8.78 Å². The summed E-state index contributed by atoms with van der Waals surface area (Å²) in [6, 6.07) is 3.45. The maximum atomic E-state index is 13.1. The minimum atomic E-state index is -1.25. The Hall–Kier alpha value is -1.98. The number of nitrogens with one attached hydrogen (secondary N) is 1.